The van der Waals surface area contributed by atoms with Crippen molar-refractivity contribution in [3.8, 4) is 0 Å². The Kier molecular flexibility index (Phi) is 3.96. The summed E-state index contributed by atoms with van der Waals surface area (Å²) >= 11 is 0. The lowest BCUT2D eigenvalue weighted by Crippen LogP contribution is -2.44. The first-order valence-corrected chi connectivity index (χ1v) is 4.77. The molecule has 0 unspecified atom stereocenters. The van der Waals surface area contributed by atoms with E-state index in [1.807, 2.05) is 0 Å². The number of hydrazine groups is 1. The predicted molar refractivity (Wildman–Crippen MR) is 51.7 cm³/mol. The van der Waals surface area contributed by atoms with Gasteiger partial charge in [-0.3, -0.25) is 0 Å². The van der Waals surface area contributed by atoms with Gasteiger partial charge in [-0.05, 0) is 19.9 Å². The minimum atomic E-state index is -0.584. The van der Waals surface area contributed by atoms with Gasteiger partial charge in [0.05, 0.1) is 19.8 Å². The molecule has 2 amide bonds. The van der Waals surface area contributed by atoms with Crippen LogP contribution in [-0.2, 0) is 9.47 Å². The van der Waals surface area contributed by atoms with E-state index in [2.05, 4.69) is 0 Å². The Bertz CT molecular complexity index is 277. The van der Waals surface area contributed by atoms with E-state index in [4.69, 9.17) is 9.47 Å². The molecule has 1 aliphatic rings. The van der Waals surface area contributed by atoms with Gasteiger partial charge in [-0.1, -0.05) is 0 Å². The van der Waals surface area contributed by atoms with Gasteiger partial charge in [0.25, 0.3) is 0 Å². The average molecular weight is 214 g/mol. The summed E-state index contributed by atoms with van der Waals surface area (Å²) in [6.45, 7) is 4.26. The molecule has 0 saturated heterocycles. The van der Waals surface area contributed by atoms with Crippen LogP contribution < -0.4 is 0 Å². The van der Waals surface area contributed by atoms with Crippen molar-refractivity contribution < 1.29 is 19.1 Å². The normalized spacial score (nSPS) is 14.3. The zero-order chi connectivity index (χ0) is 11.3. The van der Waals surface area contributed by atoms with Crippen molar-refractivity contribution in [2.75, 3.05) is 19.8 Å². The van der Waals surface area contributed by atoms with Crippen molar-refractivity contribution in [2.45, 2.75) is 13.8 Å². The Morgan fingerprint density at radius 3 is 2.40 bits per heavy atom. The minimum Gasteiger partial charge on any atom is -0.448 e. The summed E-state index contributed by atoms with van der Waals surface area (Å²) in [6.07, 6.45) is 2.01. The number of carbonyl (C=O) groups excluding carboxylic acids is 2. The first-order valence-electron chi connectivity index (χ1n) is 4.77. The first kappa shape index (κ1) is 11.4. The number of hydrogen-bond donors (Lipinski definition) is 0. The van der Waals surface area contributed by atoms with Gasteiger partial charge in [-0.15, -0.1) is 0 Å². The fraction of sp³-hybridized carbons (Fsp3) is 0.556. The maximum atomic E-state index is 11.4. The van der Waals surface area contributed by atoms with Crippen LogP contribution in [-0.4, -0.2) is 42.0 Å². The Morgan fingerprint density at radius 1 is 1.20 bits per heavy atom. The quantitative estimate of drug-likeness (QED) is 0.696. The van der Waals surface area contributed by atoms with Crippen LogP contribution in [0.1, 0.15) is 13.8 Å². The Balaban J connectivity index is 2.59. The second-order valence-corrected chi connectivity index (χ2v) is 2.71. The molecule has 0 spiro atoms. The fourth-order valence-corrected chi connectivity index (χ4v) is 1.12. The van der Waals surface area contributed by atoms with E-state index in [0.717, 1.165) is 5.01 Å². The summed E-state index contributed by atoms with van der Waals surface area (Å²) < 4.78 is 9.55. The maximum Gasteiger partial charge on any atom is 0.433 e. The summed E-state index contributed by atoms with van der Waals surface area (Å²) in [4.78, 5) is 22.7. The molecular formula is C9H14N2O4. The molecule has 1 heterocycles. The topological polar surface area (TPSA) is 59.1 Å². The zero-order valence-electron chi connectivity index (χ0n) is 8.80. The lowest BCUT2D eigenvalue weighted by Gasteiger charge is -2.25. The number of rotatable bonds is 2. The van der Waals surface area contributed by atoms with Gasteiger partial charge in [0.15, 0.2) is 0 Å². The van der Waals surface area contributed by atoms with Gasteiger partial charge in [-0.25, -0.2) is 14.6 Å². The van der Waals surface area contributed by atoms with Gasteiger partial charge in [0.2, 0.25) is 0 Å². The van der Waals surface area contributed by atoms with Crippen LogP contribution in [0.25, 0.3) is 0 Å². The lowest BCUT2D eigenvalue weighted by molar-refractivity contribution is 0.0211. The molecule has 0 aliphatic carbocycles. The molecule has 0 atom stereocenters. The van der Waals surface area contributed by atoms with Gasteiger partial charge >= 0.3 is 12.2 Å². The third kappa shape index (κ3) is 2.61. The molecule has 1 rings (SSSR count). The molecule has 0 N–H and O–H groups in total. The number of ether oxygens (including phenoxy) is 2. The van der Waals surface area contributed by atoms with Crippen molar-refractivity contribution in [1.82, 2.24) is 10.0 Å². The number of carbonyl (C=O) groups is 2. The third-order valence-corrected chi connectivity index (χ3v) is 1.72. The third-order valence-electron chi connectivity index (χ3n) is 1.72. The number of nitrogens with zero attached hydrogens (tertiary/aromatic N) is 2. The predicted octanol–water partition coefficient (Wildman–Crippen LogP) is 1.35. The molecule has 6 heteroatoms. The van der Waals surface area contributed by atoms with E-state index in [1.54, 1.807) is 19.9 Å². The van der Waals surface area contributed by atoms with Crippen molar-refractivity contribution in [1.29, 1.82) is 0 Å². The maximum absolute atomic E-state index is 11.4. The van der Waals surface area contributed by atoms with Crippen LogP contribution in [0.2, 0.25) is 0 Å². The first-order chi connectivity index (χ1) is 7.20. The second kappa shape index (κ2) is 5.23. The largest absolute Gasteiger partial charge is 0.448 e. The summed E-state index contributed by atoms with van der Waals surface area (Å²) in [5.41, 5.74) is 0. The second-order valence-electron chi connectivity index (χ2n) is 2.71. The molecule has 1 aliphatic heterocycles. The summed E-state index contributed by atoms with van der Waals surface area (Å²) in [5, 5.41) is 2.27. The van der Waals surface area contributed by atoms with Crippen LogP contribution in [0.3, 0.4) is 0 Å². The van der Waals surface area contributed by atoms with Gasteiger partial charge in [0, 0.05) is 6.20 Å². The molecule has 0 aromatic heterocycles. The molecule has 0 bridgehead atoms. The Labute approximate surface area is 88.0 Å². The molecular weight excluding hydrogens is 200 g/mol. The van der Waals surface area contributed by atoms with E-state index < -0.39 is 12.2 Å². The number of amides is 2. The fourth-order valence-electron chi connectivity index (χ4n) is 1.12. The lowest BCUT2D eigenvalue weighted by atomic mass is 10.6. The van der Waals surface area contributed by atoms with Crippen molar-refractivity contribution in [3.63, 3.8) is 0 Å². The SMILES string of the molecule is CCOC(=O)N1C=CCN1C(=O)OCC. The van der Waals surface area contributed by atoms with Crippen LogP contribution in [0.4, 0.5) is 9.59 Å². The smallest absolute Gasteiger partial charge is 0.433 e. The average Bonchev–Trinajstić information content (AvgIpc) is 2.66. The van der Waals surface area contributed by atoms with E-state index >= 15 is 0 Å². The minimum absolute atomic E-state index is 0.264. The van der Waals surface area contributed by atoms with Gasteiger partial charge < -0.3 is 9.47 Å². The molecule has 0 aromatic rings. The molecule has 0 aromatic carbocycles. The highest BCUT2D eigenvalue weighted by atomic mass is 16.6. The van der Waals surface area contributed by atoms with Crippen LogP contribution in [0.15, 0.2) is 12.3 Å². The van der Waals surface area contributed by atoms with Crippen molar-refractivity contribution in [2.24, 2.45) is 0 Å². The van der Waals surface area contributed by atoms with E-state index in [1.165, 1.54) is 11.2 Å². The molecule has 0 fully saturated rings. The Hall–Kier alpha value is -1.72. The van der Waals surface area contributed by atoms with Crippen LogP contribution in [0, 0.1) is 0 Å². The zero-order valence-corrected chi connectivity index (χ0v) is 8.80. The molecule has 84 valence electrons. The van der Waals surface area contributed by atoms with Crippen LogP contribution in [0.5, 0.6) is 0 Å². The molecule has 0 saturated carbocycles. The summed E-state index contributed by atoms with van der Waals surface area (Å²) in [7, 11) is 0. The van der Waals surface area contributed by atoms with Crippen molar-refractivity contribution in [3.05, 3.63) is 12.3 Å². The van der Waals surface area contributed by atoms with Crippen molar-refractivity contribution >= 4 is 12.2 Å². The summed E-state index contributed by atoms with van der Waals surface area (Å²) in [5.74, 6) is 0. The number of hydrogen-bond acceptors (Lipinski definition) is 4. The van der Waals surface area contributed by atoms with E-state index in [-0.39, 0.29) is 13.2 Å². The Morgan fingerprint density at radius 2 is 1.80 bits per heavy atom. The molecule has 6 nitrogen and oxygen atoms in total. The van der Waals surface area contributed by atoms with Crippen LogP contribution >= 0.6 is 0 Å². The van der Waals surface area contributed by atoms with Gasteiger partial charge in [0.1, 0.15) is 0 Å². The highest BCUT2D eigenvalue weighted by Crippen LogP contribution is 2.11. The molecule has 0 radical (unpaired) electrons. The van der Waals surface area contributed by atoms with Gasteiger partial charge in [-0.2, -0.15) is 5.01 Å². The van der Waals surface area contributed by atoms with E-state index in [0.29, 0.717) is 6.54 Å². The highest BCUT2D eigenvalue weighted by molar-refractivity contribution is 5.76. The standard InChI is InChI=1S/C9H14N2O4/c1-3-14-8(12)10-6-5-7-11(10)9(13)15-4-2/h5-6H,3-4,7H2,1-2H3. The highest BCUT2D eigenvalue weighted by Gasteiger charge is 2.28. The monoisotopic (exact) mass is 214 g/mol. The molecule has 15 heavy (non-hydrogen) atoms. The van der Waals surface area contributed by atoms with E-state index in [9.17, 15) is 9.59 Å². The summed E-state index contributed by atoms with van der Waals surface area (Å²) in [6, 6.07) is 0.